The second-order valence-corrected chi connectivity index (χ2v) is 9.46. The molecule has 0 unspecified atom stereocenters. The lowest BCUT2D eigenvalue weighted by molar-refractivity contribution is -0.135. The topological polar surface area (TPSA) is 59.1 Å². The molecule has 0 bridgehead atoms. The van der Waals surface area contributed by atoms with E-state index in [1.807, 2.05) is 97.3 Å². The first kappa shape index (κ1) is 24.9. The molecule has 6 heteroatoms. The van der Waals surface area contributed by atoms with Crippen LogP contribution in [0.4, 0.5) is 0 Å². The third kappa shape index (κ3) is 4.57. The average molecular weight is 499 g/mol. The second kappa shape index (κ2) is 10.7. The Balaban J connectivity index is 1.63. The maximum absolute atomic E-state index is 14.4. The highest BCUT2D eigenvalue weighted by Crippen LogP contribution is 2.49. The van der Waals surface area contributed by atoms with Crippen LogP contribution in [0.3, 0.4) is 0 Å². The van der Waals surface area contributed by atoms with E-state index in [2.05, 4.69) is 0 Å². The molecule has 2 aliphatic rings. The Morgan fingerprint density at radius 3 is 2.30 bits per heavy atom. The first-order chi connectivity index (χ1) is 18.1. The predicted molar refractivity (Wildman–Crippen MR) is 143 cm³/mol. The van der Waals surface area contributed by atoms with Gasteiger partial charge in [0.2, 0.25) is 5.91 Å². The molecule has 0 spiro atoms. The number of hydrogen-bond donors (Lipinski definition) is 0. The Labute approximate surface area is 218 Å². The monoisotopic (exact) mass is 498 g/mol. The van der Waals surface area contributed by atoms with E-state index < -0.39 is 12.0 Å². The molecule has 0 saturated carbocycles. The van der Waals surface area contributed by atoms with Crippen molar-refractivity contribution in [1.29, 1.82) is 0 Å². The third-order valence-corrected chi connectivity index (χ3v) is 7.36. The van der Waals surface area contributed by atoms with Gasteiger partial charge in [-0.15, -0.1) is 0 Å². The van der Waals surface area contributed by atoms with E-state index in [9.17, 15) is 9.59 Å². The van der Waals surface area contributed by atoms with Crippen LogP contribution in [0.15, 0.2) is 66.7 Å². The number of likely N-dealkylation sites (N-methyl/N-ethyl adjacent to an activating group) is 1. The van der Waals surface area contributed by atoms with Crippen LogP contribution in [0.1, 0.15) is 65.3 Å². The fourth-order valence-electron chi connectivity index (χ4n) is 5.68. The minimum Gasteiger partial charge on any atom is -0.490 e. The van der Waals surface area contributed by atoms with Gasteiger partial charge in [-0.05, 0) is 67.6 Å². The highest BCUT2D eigenvalue weighted by molar-refractivity contribution is 6.01. The van der Waals surface area contributed by atoms with Gasteiger partial charge in [0.25, 0.3) is 5.91 Å². The van der Waals surface area contributed by atoms with Gasteiger partial charge in [0.05, 0.1) is 25.2 Å². The highest BCUT2D eigenvalue weighted by atomic mass is 16.5. The van der Waals surface area contributed by atoms with Gasteiger partial charge < -0.3 is 19.3 Å². The minimum atomic E-state index is -0.510. The van der Waals surface area contributed by atoms with Crippen molar-refractivity contribution in [3.63, 3.8) is 0 Å². The molecule has 2 aliphatic heterocycles. The zero-order valence-electron chi connectivity index (χ0n) is 21.8. The maximum Gasteiger partial charge on any atom is 0.254 e. The second-order valence-electron chi connectivity index (χ2n) is 9.46. The number of carbonyl (C=O) groups excluding carboxylic acids is 2. The summed E-state index contributed by atoms with van der Waals surface area (Å²) < 4.78 is 11.8. The van der Waals surface area contributed by atoms with Crippen LogP contribution in [0.2, 0.25) is 0 Å². The molecule has 0 N–H and O–H groups in total. The summed E-state index contributed by atoms with van der Waals surface area (Å²) in [6.07, 6.45) is 0.703. The molecule has 37 heavy (non-hydrogen) atoms. The van der Waals surface area contributed by atoms with Gasteiger partial charge >= 0.3 is 0 Å². The number of carbonyl (C=O) groups is 2. The van der Waals surface area contributed by atoms with Crippen molar-refractivity contribution < 1.29 is 19.1 Å². The van der Waals surface area contributed by atoms with E-state index in [-0.39, 0.29) is 11.8 Å². The standard InChI is InChI=1S/C31H34N2O4/c1-4-32(20-21-12-8-7-9-13-21)31(35)28-23-14-10-11-15-24(23)30(34)33-17-16-22-18-26(36-5-2)27(37-6-3)19-25(22)29(28)33/h7-15,18-19,28-29H,4-6,16-17,20H2,1-3H3/t28-,29-/m0/s1. The van der Waals surface area contributed by atoms with Crippen molar-refractivity contribution in [2.45, 2.75) is 45.7 Å². The van der Waals surface area contributed by atoms with Crippen LogP contribution in [0, 0.1) is 0 Å². The van der Waals surface area contributed by atoms with Crippen molar-refractivity contribution in [3.8, 4) is 11.5 Å². The van der Waals surface area contributed by atoms with Gasteiger partial charge in [-0.2, -0.15) is 0 Å². The lowest BCUT2D eigenvalue weighted by atomic mass is 9.75. The first-order valence-electron chi connectivity index (χ1n) is 13.2. The van der Waals surface area contributed by atoms with Gasteiger partial charge in [-0.1, -0.05) is 48.5 Å². The van der Waals surface area contributed by atoms with E-state index in [1.54, 1.807) is 0 Å². The van der Waals surface area contributed by atoms with E-state index in [0.29, 0.717) is 56.3 Å². The molecule has 0 radical (unpaired) electrons. The molecule has 192 valence electrons. The summed E-state index contributed by atoms with van der Waals surface area (Å²) in [7, 11) is 0. The van der Waals surface area contributed by atoms with Crippen molar-refractivity contribution in [2.75, 3.05) is 26.3 Å². The summed E-state index contributed by atoms with van der Waals surface area (Å²) in [4.78, 5) is 31.9. The van der Waals surface area contributed by atoms with Crippen LogP contribution in [0.5, 0.6) is 11.5 Å². The summed E-state index contributed by atoms with van der Waals surface area (Å²) in [5.41, 5.74) is 4.57. The smallest absolute Gasteiger partial charge is 0.254 e. The molecule has 3 aromatic carbocycles. The number of hydrogen-bond acceptors (Lipinski definition) is 4. The van der Waals surface area contributed by atoms with Crippen molar-refractivity contribution in [1.82, 2.24) is 9.80 Å². The quantitative estimate of drug-likeness (QED) is 0.419. The normalized spacial score (nSPS) is 17.9. The Morgan fingerprint density at radius 1 is 0.919 bits per heavy atom. The molecule has 2 amide bonds. The number of rotatable bonds is 8. The summed E-state index contributed by atoms with van der Waals surface area (Å²) in [6, 6.07) is 21.3. The first-order valence-corrected chi connectivity index (χ1v) is 13.2. The van der Waals surface area contributed by atoms with Crippen LogP contribution in [-0.4, -0.2) is 47.9 Å². The molecule has 2 heterocycles. The number of nitrogens with zero attached hydrogens (tertiary/aromatic N) is 2. The van der Waals surface area contributed by atoms with E-state index in [1.165, 1.54) is 0 Å². The molecule has 3 aromatic rings. The molecule has 0 aromatic heterocycles. The zero-order chi connectivity index (χ0) is 25.9. The summed E-state index contributed by atoms with van der Waals surface area (Å²) in [6.45, 7) is 8.59. The largest absolute Gasteiger partial charge is 0.490 e. The fraction of sp³-hybridized carbons (Fsp3) is 0.355. The number of amides is 2. The zero-order valence-corrected chi connectivity index (χ0v) is 21.8. The molecule has 5 rings (SSSR count). The SMILES string of the molecule is CCOc1cc2c(cc1OCC)[C@H]1[C@@H](C(=O)N(CC)Cc3ccccc3)c3ccccc3C(=O)N1CC2. The van der Waals surface area contributed by atoms with Crippen LogP contribution >= 0.6 is 0 Å². The van der Waals surface area contributed by atoms with Crippen molar-refractivity contribution >= 4 is 11.8 Å². The lowest BCUT2D eigenvalue weighted by Gasteiger charge is -2.46. The Bertz CT molecular complexity index is 1290. The number of ether oxygens (including phenoxy) is 2. The van der Waals surface area contributed by atoms with Crippen molar-refractivity contribution in [2.24, 2.45) is 0 Å². The van der Waals surface area contributed by atoms with Gasteiger partial charge in [0.15, 0.2) is 11.5 Å². The Kier molecular flexibility index (Phi) is 7.17. The molecule has 6 nitrogen and oxygen atoms in total. The van der Waals surface area contributed by atoms with Crippen molar-refractivity contribution in [3.05, 3.63) is 94.5 Å². The van der Waals surface area contributed by atoms with Gasteiger partial charge in [-0.3, -0.25) is 9.59 Å². The lowest BCUT2D eigenvalue weighted by Crippen LogP contribution is -2.50. The predicted octanol–water partition coefficient (Wildman–Crippen LogP) is 5.37. The Hall–Kier alpha value is -3.80. The molecular formula is C31H34N2O4. The number of fused-ring (bicyclic) bond motifs is 4. The summed E-state index contributed by atoms with van der Waals surface area (Å²) >= 11 is 0. The molecule has 0 aliphatic carbocycles. The number of benzene rings is 3. The molecule has 0 fully saturated rings. The molecular weight excluding hydrogens is 464 g/mol. The van der Waals surface area contributed by atoms with Crippen LogP contribution < -0.4 is 9.47 Å². The van der Waals surface area contributed by atoms with E-state index >= 15 is 0 Å². The molecule has 0 saturated heterocycles. The third-order valence-electron chi connectivity index (χ3n) is 7.36. The minimum absolute atomic E-state index is 0.0201. The van der Waals surface area contributed by atoms with E-state index in [0.717, 1.165) is 22.3 Å². The van der Waals surface area contributed by atoms with E-state index in [4.69, 9.17) is 9.47 Å². The van der Waals surface area contributed by atoms with Gasteiger partial charge in [-0.25, -0.2) is 0 Å². The summed E-state index contributed by atoms with van der Waals surface area (Å²) in [5, 5.41) is 0. The Morgan fingerprint density at radius 2 is 1.59 bits per heavy atom. The molecule has 2 atom stereocenters. The average Bonchev–Trinajstić information content (AvgIpc) is 2.93. The van der Waals surface area contributed by atoms with Crippen LogP contribution in [0.25, 0.3) is 0 Å². The highest BCUT2D eigenvalue weighted by Gasteiger charge is 2.47. The summed E-state index contributed by atoms with van der Waals surface area (Å²) in [5.74, 6) is 0.860. The van der Waals surface area contributed by atoms with Gasteiger partial charge in [0.1, 0.15) is 0 Å². The van der Waals surface area contributed by atoms with Gasteiger partial charge in [0, 0.05) is 25.2 Å². The maximum atomic E-state index is 14.4. The van der Waals surface area contributed by atoms with Crippen LogP contribution in [-0.2, 0) is 17.8 Å². The fourth-order valence-corrected chi connectivity index (χ4v) is 5.68.